The molecule has 0 atom stereocenters. The Balaban J connectivity index is 1.69. The molecule has 5 nitrogen and oxygen atoms in total. The molecule has 0 spiro atoms. The number of benzene rings is 1. The Bertz CT molecular complexity index is 878. The summed E-state index contributed by atoms with van der Waals surface area (Å²) < 4.78 is 0. The first-order chi connectivity index (χ1) is 11.9. The Morgan fingerprint density at radius 1 is 1.32 bits per heavy atom. The molecule has 2 heterocycles. The molecule has 1 aromatic heterocycles. The molecule has 3 rings (SSSR count). The van der Waals surface area contributed by atoms with E-state index in [9.17, 15) is 14.4 Å². The van der Waals surface area contributed by atoms with Crippen molar-refractivity contribution >= 4 is 63.5 Å². The van der Waals surface area contributed by atoms with Crippen molar-refractivity contribution in [2.24, 2.45) is 0 Å². The van der Waals surface area contributed by atoms with Crippen LogP contribution in [0.1, 0.15) is 10.4 Å². The van der Waals surface area contributed by atoms with Crippen LogP contribution in [0.25, 0.3) is 6.08 Å². The third-order valence-electron chi connectivity index (χ3n) is 3.39. The molecule has 25 heavy (non-hydrogen) atoms. The Morgan fingerprint density at radius 3 is 2.80 bits per heavy atom. The van der Waals surface area contributed by atoms with Crippen LogP contribution in [-0.4, -0.2) is 28.5 Å². The van der Waals surface area contributed by atoms with E-state index in [4.69, 9.17) is 11.6 Å². The van der Waals surface area contributed by atoms with Gasteiger partial charge in [-0.05, 0) is 53.9 Å². The Morgan fingerprint density at radius 2 is 2.12 bits per heavy atom. The molecule has 0 bridgehead atoms. The number of halogens is 1. The zero-order valence-electron chi connectivity index (χ0n) is 13.1. The van der Waals surface area contributed by atoms with Crippen molar-refractivity contribution in [2.75, 3.05) is 11.9 Å². The highest BCUT2D eigenvalue weighted by Crippen LogP contribution is 2.33. The maximum atomic E-state index is 12.4. The molecule has 1 N–H and O–H groups in total. The predicted molar refractivity (Wildman–Crippen MR) is 102 cm³/mol. The predicted octanol–water partition coefficient (Wildman–Crippen LogP) is 4.38. The summed E-state index contributed by atoms with van der Waals surface area (Å²) in [6, 6.07) is 8.93. The van der Waals surface area contributed by atoms with Crippen molar-refractivity contribution < 1.29 is 14.4 Å². The number of nitrogens with one attached hydrogen (secondary N) is 1. The van der Waals surface area contributed by atoms with Gasteiger partial charge in [0.05, 0.1) is 15.6 Å². The smallest absolute Gasteiger partial charge is 0.294 e. The van der Waals surface area contributed by atoms with Crippen LogP contribution in [-0.2, 0) is 9.59 Å². The number of carbonyl (C=O) groups excluding carboxylic acids is 3. The fraction of sp³-hybridized carbons (Fsp3) is 0.118. The molecule has 0 aliphatic carbocycles. The van der Waals surface area contributed by atoms with Gasteiger partial charge >= 0.3 is 0 Å². The number of hydrogen-bond acceptors (Lipinski definition) is 5. The Hall–Kier alpha value is -2.09. The first-order valence-electron chi connectivity index (χ1n) is 7.29. The summed E-state index contributed by atoms with van der Waals surface area (Å²) in [6.07, 6.45) is 1.66. The summed E-state index contributed by atoms with van der Waals surface area (Å²) >= 11 is 8.38. The van der Waals surface area contributed by atoms with E-state index < -0.39 is 17.1 Å². The van der Waals surface area contributed by atoms with Crippen LogP contribution in [0.2, 0.25) is 5.02 Å². The Kier molecular flexibility index (Phi) is 5.27. The topological polar surface area (TPSA) is 66.5 Å². The van der Waals surface area contributed by atoms with E-state index in [1.807, 2.05) is 30.5 Å². The minimum Gasteiger partial charge on any atom is -0.323 e. The molecule has 2 aromatic rings. The van der Waals surface area contributed by atoms with Gasteiger partial charge in [-0.25, -0.2) is 0 Å². The number of aryl methyl sites for hydroxylation is 1. The van der Waals surface area contributed by atoms with Gasteiger partial charge in [0.2, 0.25) is 5.91 Å². The molecule has 1 aromatic carbocycles. The zero-order chi connectivity index (χ0) is 18.0. The van der Waals surface area contributed by atoms with Gasteiger partial charge in [-0.2, -0.15) is 0 Å². The summed E-state index contributed by atoms with van der Waals surface area (Å²) in [4.78, 5) is 38.7. The lowest BCUT2D eigenvalue weighted by Gasteiger charge is -2.13. The number of imide groups is 1. The number of thioether (sulfide) groups is 1. The third-order valence-corrected chi connectivity index (χ3v) is 5.43. The lowest BCUT2D eigenvalue weighted by atomic mass is 10.2. The van der Waals surface area contributed by atoms with Crippen molar-refractivity contribution in [1.82, 2.24) is 4.90 Å². The van der Waals surface area contributed by atoms with Gasteiger partial charge in [-0.3, -0.25) is 19.3 Å². The molecule has 3 amide bonds. The first kappa shape index (κ1) is 17.7. The number of thiophene rings is 1. The number of amides is 3. The summed E-state index contributed by atoms with van der Waals surface area (Å²) in [5.74, 6) is -0.945. The molecule has 8 heteroatoms. The van der Waals surface area contributed by atoms with E-state index in [1.54, 1.807) is 18.2 Å². The lowest BCUT2D eigenvalue weighted by molar-refractivity contribution is -0.127. The van der Waals surface area contributed by atoms with Gasteiger partial charge in [0, 0.05) is 4.88 Å². The number of carbonyl (C=O) groups is 3. The first-order valence-corrected chi connectivity index (χ1v) is 9.36. The normalized spacial score (nSPS) is 15.9. The van der Waals surface area contributed by atoms with Crippen molar-refractivity contribution in [3.63, 3.8) is 0 Å². The van der Waals surface area contributed by atoms with Crippen LogP contribution in [0.5, 0.6) is 0 Å². The number of hydrogen-bond donors (Lipinski definition) is 1. The summed E-state index contributed by atoms with van der Waals surface area (Å²) in [5, 5.41) is 4.45. The fourth-order valence-corrected chi connectivity index (χ4v) is 4.04. The van der Waals surface area contributed by atoms with Crippen LogP contribution in [0, 0.1) is 6.92 Å². The average Bonchev–Trinajstić information content (AvgIpc) is 3.15. The van der Waals surface area contributed by atoms with Crippen LogP contribution in [0.4, 0.5) is 10.5 Å². The number of nitrogens with zero attached hydrogens (tertiary/aromatic N) is 1. The molecule has 0 unspecified atom stereocenters. The largest absolute Gasteiger partial charge is 0.323 e. The summed E-state index contributed by atoms with van der Waals surface area (Å²) in [7, 11) is 0. The van der Waals surface area contributed by atoms with Crippen molar-refractivity contribution in [1.29, 1.82) is 0 Å². The van der Waals surface area contributed by atoms with Gasteiger partial charge in [0.25, 0.3) is 11.1 Å². The quantitative estimate of drug-likeness (QED) is 0.784. The highest BCUT2D eigenvalue weighted by atomic mass is 35.5. The molecule has 128 valence electrons. The van der Waals surface area contributed by atoms with Crippen molar-refractivity contribution in [3.8, 4) is 0 Å². The molecule has 0 radical (unpaired) electrons. The second kappa shape index (κ2) is 7.43. The minimum atomic E-state index is -0.481. The van der Waals surface area contributed by atoms with Crippen LogP contribution in [0.15, 0.2) is 40.6 Å². The van der Waals surface area contributed by atoms with E-state index in [2.05, 4.69) is 5.32 Å². The van der Waals surface area contributed by atoms with E-state index in [1.165, 1.54) is 11.3 Å². The molecular formula is C17H13ClN2O3S2. The SMILES string of the molecule is Cc1ccc(NC(=O)CN2C(=O)S/C(=C\c3cccs3)C2=O)c(Cl)c1. The zero-order valence-corrected chi connectivity index (χ0v) is 15.5. The van der Waals surface area contributed by atoms with Gasteiger partial charge in [0.15, 0.2) is 0 Å². The molecule has 1 aliphatic rings. The second-order valence-corrected chi connectivity index (χ2v) is 7.69. The molecule has 1 fully saturated rings. The van der Waals surface area contributed by atoms with Crippen molar-refractivity contribution in [3.05, 3.63) is 56.1 Å². The number of rotatable bonds is 4. The maximum absolute atomic E-state index is 12.4. The van der Waals surface area contributed by atoms with Crippen LogP contribution >= 0.6 is 34.7 Å². The lowest BCUT2D eigenvalue weighted by Crippen LogP contribution is -2.36. The molecular weight excluding hydrogens is 380 g/mol. The van der Waals surface area contributed by atoms with Crippen LogP contribution < -0.4 is 5.32 Å². The minimum absolute atomic E-state index is 0.314. The molecule has 0 saturated carbocycles. The van der Waals surface area contributed by atoms with E-state index in [0.717, 1.165) is 27.1 Å². The van der Waals surface area contributed by atoms with E-state index >= 15 is 0 Å². The van der Waals surface area contributed by atoms with Gasteiger partial charge in [-0.15, -0.1) is 11.3 Å². The third kappa shape index (κ3) is 4.12. The van der Waals surface area contributed by atoms with Gasteiger partial charge in [-0.1, -0.05) is 23.7 Å². The summed E-state index contributed by atoms with van der Waals surface area (Å²) in [6.45, 7) is 1.54. The monoisotopic (exact) mass is 392 g/mol. The standard InChI is InChI=1S/C17H13ClN2O3S2/c1-10-4-5-13(12(18)7-10)19-15(21)9-20-16(22)14(25-17(20)23)8-11-3-2-6-24-11/h2-8H,9H2,1H3,(H,19,21)/b14-8-. The average molecular weight is 393 g/mol. The van der Waals surface area contributed by atoms with Gasteiger partial charge in [0.1, 0.15) is 6.54 Å². The van der Waals surface area contributed by atoms with Crippen LogP contribution in [0.3, 0.4) is 0 Å². The summed E-state index contributed by atoms with van der Waals surface area (Å²) in [5.41, 5.74) is 1.41. The van der Waals surface area contributed by atoms with Crippen molar-refractivity contribution in [2.45, 2.75) is 6.92 Å². The highest BCUT2D eigenvalue weighted by Gasteiger charge is 2.36. The molecule has 1 saturated heterocycles. The molecule has 1 aliphatic heterocycles. The highest BCUT2D eigenvalue weighted by molar-refractivity contribution is 8.18. The fourth-order valence-electron chi connectivity index (χ4n) is 2.19. The van der Waals surface area contributed by atoms with E-state index in [-0.39, 0.29) is 6.54 Å². The van der Waals surface area contributed by atoms with Gasteiger partial charge < -0.3 is 5.32 Å². The maximum Gasteiger partial charge on any atom is 0.294 e. The van der Waals surface area contributed by atoms with E-state index in [0.29, 0.717) is 15.6 Å². The second-order valence-electron chi connectivity index (χ2n) is 5.31. The number of anilines is 1. The Labute approximate surface area is 157 Å².